The van der Waals surface area contributed by atoms with Crippen molar-refractivity contribution in [3.8, 4) is 0 Å². The van der Waals surface area contributed by atoms with Crippen molar-refractivity contribution >= 4 is 5.97 Å². The maximum atomic E-state index is 11.7. The van der Waals surface area contributed by atoms with Crippen LogP contribution in [0.15, 0.2) is 78.9 Å². The predicted molar refractivity (Wildman–Crippen MR) is 117 cm³/mol. The number of aliphatic hydroxyl groups excluding tert-OH is 1. The molecule has 0 radical (unpaired) electrons. The number of benzene rings is 3. The van der Waals surface area contributed by atoms with Crippen LogP contribution >= 0.6 is 0 Å². The zero-order chi connectivity index (χ0) is 23.2. The van der Waals surface area contributed by atoms with Crippen molar-refractivity contribution in [3.05, 3.63) is 107 Å². The van der Waals surface area contributed by atoms with E-state index >= 15 is 0 Å². The third-order valence-electron chi connectivity index (χ3n) is 5.91. The molecule has 0 aliphatic carbocycles. The minimum atomic E-state index is -1.58. The van der Waals surface area contributed by atoms with Crippen LogP contribution in [0.5, 0.6) is 0 Å². The molecule has 3 aromatic carbocycles. The summed E-state index contributed by atoms with van der Waals surface area (Å²) < 4.78 is 8.25. The number of aliphatic hydroxyl groups is 1. The van der Waals surface area contributed by atoms with Gasteiger partial charge in [0.25, 0.3) is 0 Å². The number of hydrogen-bond acceptors (Lipinski definition) is 3. The third-order valence-corrected chi connectivity index (χ3v) is 5.91. The molecule has 160 valence electrons. The van der Waals surface area contributed by atoms with Crippen molar-refractivity contribution < 1.29 is 38.7 Å². The molecule has 0 heterocycles. The summed E-state index contributed by atoms with van der Waals surface area (Å²) >= 11 is 0.750. The second kappa shape index (κ2) is 10.3. The van der Waals surface area contributed by atoms with Crippen LogP contribution in [-0.4, -0.2) is 16.2 Å². The molecule has 0 aromatic heterocycles. The molecular weight excluding hydrogens is 424 g/mol. The first-order chi connectivity index (χ1) is 14.7. The van der Waals surface area contributed by atoms with Crippen molar-refractivity contribution in [1.82, 2.24) is 0 Å². The molecule has 1 unspecified atom stereocenters. The normalized spacial score (nSPS) is 12.4. The van der Waals surface area contributed by atoms with Gasteiger partial charge in [0.2, 0.25) is 0 Å². The number of aliphatic carboxylic acids is 1. The number of carboxylic acid groups (broad SMARTS) is 1. The van der Waals surface area contributed by atoms with Gasteiger partial charge in [-0.2, -0.15) is 0 Å². The van der Waals surface area contributed by atoms with Crippen molar-refractivity contribution in [3.63, 3.8) is 0 Å². The molecule has 0 spiro atoms. The van der Waals surface area contributed by atoms with Crippen LogP contribution in [0, 0.1) is 0 Å². The van der Waals surface area contributed by atoms with Crippen LogP contribution in [0.4, 0.5) is 0 Å². The second-order valence-electron chi connectivity index (χ2n) is 8.49. The first-order valence-electron chi connectivity index (χ1n) is 10.0. The SMILES string of the molecule is CC(C)(c1ccccc1)c1cccc(C(O)C(=O)O)c1C(C)(C)c1ccccc1.[O]=[Ti]. The van der Waals surface area contributed by atoms with Gasteiger partial charge < -0.3 is 10.2 Å². The Morgan fingerprint density at radius 1 is 0.742 bits per heavy atom. The van der Waals surface area contributed by atoms with Gasteiger partial charge in [-0.05, 0) is 27.8 Å². The van der Waals surface area contributed by atoms with Crippen molar-refractivity contribution in [1.29, 1.82) is 0 Å². The molecule has 31 heavy (non-hydrogen) atoms. The summed E-state index contributed by atoms with van der Waals surface area (Å²) in [6.07, 6.45) is -1.58. The van der Waals surface area contributed by atoms with Crippen molar-refractivity contribution in [2.45, 2.75) is 44.6 Å². The Balaban J connectivity index is 0.00000166. The van der Waals surface area contributed by atoms with Crippen molar-refractivity contribution in [2.75, 3.05) is 0 Å². The molecule has 0 aliphatic rings. The fourth-order valence-electron chi connectivity index (χ4n) is 4.16. The van der Waals surface area contributed by atoms with Gasteiger partial charge in [-0.3, -0.25) is 0 Å². The summed E-state index contributed by atoms with van der Waals surface area (Å²) in [5.41, 5.74) is 3.62. The molecule has 3 rings (SSSR count). The first-order valence-corrected chi connectivity index (χ1v) is 10.7. The standard InChI is InChI=1S/C26H28O3.O.Ti/c1-25(2,18-12-7-5-8-13-18)21-17-11-16-20(23(27)24(28)29)22(21)26(3,4)19-14-9-6-10-15-19;;/h5-17,23,27H,1-4H3,(H,28,29);;. The molecular formula is C26H28O4Ti. The molecule has 0 saturated heterocycles. The molecule has 2 N–H and O–H groups in total. The quantitative estimate of drug-likeness (QED) is 0.496. The predicted octanol–water partition coefficient (Wildman–Crippen LogP) is 5.34. The second-order valence-corrected chi connectivity index (χ2v) is 8.49. The Bertz CT molecular complexity index is 1010. The molecule has 0 saturated carbocycles. The molecule has 4 nitrogen and oxygen atoms in total. The average Bonchev–Trinajstić information content (AvgIpc) is 2.80. The van der Waals surface area contributed by atoms with E-state index in [0.717, 1.165) is 42.7 Å². The zero-order valence-electron chi connectivity index (χ0n) is 18.3. The van der Waals surface area contributed by atoms with E-state index in [1.165, 1.54) is 0 Å². The summed E-state index contributed by atoms with van der Waals surface area (Å²) in [5, 5.41) is 20.1. The van der Waals surface area contributed by atoms with E-state index in [-0.39, 0.29) is 5.41 Å². The van der Waals surface area contributed by atoms with Crippen LogP contribution in [0.25, 0.3) is 0 Å². The topological polar surface area (TPSA) is 74.6 Å². The average molecular weight is 452 g/mol. The zero-order valence-corrected chi connectivity index (χ0v) is 19.9. The van der Waals surface area contributed by atoms with Gasteiger partial charge >= 0.3 is 29.7 Å². The fraction of sp³-hybridized carbons (Fsp3) is 0.269. The van der Waals surface area contributed by atoms with Gasteiger partial charge in [-0.15, -0.1) is 0 Å². The monoisotopic (exact) mass is 452 g/mol. The number of carbonyl (C=O) groups is 1. The summed E-state index contributed by atoms with van der Waals surface area (Å²) in [7, 11) is 0. The van der Waals surface area contributed by atoms with Crippen LogP contribution < -0.4 is 0 Å². The van der Waals surface area contributed by atoms with Crippen LogP contribution in [0.1, 0.15) is 61.6 Å². The Labute approximate surface area is 195 Å². The fourth-order valence-corrected chi connectivity index (χ4v) is 4.16. The molecule has 0 fully saturated rings. The van der Waals surface area contributed by atoms with Gasteiger partial charge in [0.05, 0.1) is 0 Å². The molecule has 1 atom stereocenters. The Hall–Kier alpha value is -2.40. The van der Waals surface area contributed by atoms with E-state index in [1.807, 2.05) is 60.7 Å². The summed E-state index contributed by atoms with van der Waals surface area (Å²) in [6, 6.07) is 25.8. The molecule has 3 aromatic rings. The Morgan fingerprint density at radius 2 is 1.19 bits per heavy atom. The summed E-state index contributed by atoms with van der Waals surface area (Å²) in [5.74, 6) is -1.25. The minimum absolute atomic E-state index is 0.378. The molecule has 0 aliphatic heterocycles. The van der Waals surface area contributed by atoms with Gasteiger partial charge in [0.15, 0.2) is 6.10 Å². The van der Waals surface area contributed by atoms with Gasteiger partial charge in [0, 0.05) is 10.8 Å². The summed E-state index contributed by atoms with van der Waals surface area (Å²) in [4.78, 5) is 11.7. The van der Waals surface area contributed by atoms with Gasteiger partial charge in [-0.1, -0.05) is 107 Å². The van der Waals surface area contributed by atoms with E-state index in [0.29, 0.717) is 5.56 Å². The van der Waals surface area contributed by atoms with Crippen LogP contribution in [-0.2, 0) is 39.4 Å². The van der Waals surface area contributed by atoms with E-state index < -0.39 is 17.5 Å². The Morgan fingerprint density at radius 3 is 1.65 bits per heavy atom. The number of carboxylic acids is 1. The number of hydrogen-bond donors (Lipinski definition) is 2. The van der Waals surface area contributed by atoms with Crippen LogP contribution in [0.2, 0.25) is 0 Å². The van der Waals surface area contributed by atoms with Gasteiger partial charge in [0.1, 0.15) is 0 Å². The maximum absolute atomic E-state index is 11.7. The first kappa shape index (κ1) is 24.9. The van der Waals surface area contributed by atoms with E-state index in [9.17, 15) is 15.0 Å². The van der Waals surface area contributed by atoms with Crippen molar-refractivity contribution in [2.24, 2.45) is 0 Å². The summed E-state index contributed by atoms with van der Waals surface area (Å²) in [6.45, 7) is 8.44. The van der Waals surface area contributed by atoms with E-state index in [1.54, 1.807) is 6.07 Å². The molecule has 0 bridgehead atoms. The van der Waals surface area contributed by atoms with E-state index in [4.69, 9.17) is 3.32 Å². The Kier molecular flexibility index (Phi) is 8.24. The van der Waals surface area contributed by atoms with Gasteiger partial charge in [-0.25, -0.2) is 4.79 Å². The van der Waals surface area contributed by atoms with Crippen LogP contribution in [0.3, 0.4) is 0 Å². The molecule has 0 amide bonds. The number of rotatable bonds is 6. The third kappa shape index (κ3) is 5.09. The molecule has 5 heteroatoms. The van der Waals surface area contributed by atoms with E-state index in [2.05, 4.69) is 39.8 Å².